The molecule has 0 saturated heterocycles. The molecule has 0 amide bonds. The van der Waals surface area contributed by atoms with Crippen LogP contribution in [0.4, 0.5) is 0 Å². The Bertz CT molecular complexity index is 618. The van der Waals surface area contributed by atoms with Gasteiger partial charge in [0.25, 0.3) is 0 Å². The highest BCUT2D eigenvalue weighted by Crippen LogP contribution is 2.26. The summed E-state index contributed by atoms with van der Waals surface area (Å²) in [6.07, 6.45) is 1.59. The van der Waals surface area contributed by atoms with Crippen molar-refractivity contribution in [3.63, 3.8) is 0 Å². The van der Waals surface area contributed by atoms with E-state index in [4.69, 9.17) is 14.2 Å². The number of hydrogen-bond acceptors (Lipinski definition) is 3. The first-order valence-corrected chi connectivity index (χ1v) is 8.11. The van der Waals surface area contributed by atoms with Gasteiger partial charge in [-0.05, 0) is 35.6 Å². The maximum Gasteiger partial charge on any atom is 0.183 e. The maximum atomic E-state index is 6.13. The van der Waals surface area contributed by atoms with E-state index < -0.39 is 0 Å². The van der Waals surface area contributed by atoms with E-state index in [-0.39, 0.29) is 6.29 Å². The Labute approximate surface area is 139 Å². The predicted octanol–water partition coefficient (Wildman–Crippen LogP) is 4.68. The van der Waals surface area contributed by atoms with Gasteiger partial charge >= 0.3 is 0 Å². The molecule has 0 heterocycles. The largest absolute Gasteiger partial charge is 0.489 e. The van der Waals surface area contributed by atoms with Crippen LogP contribution in [0.3, 0.4) is 0 Å². The van der Waals surface area contributed by atoms with Gasteiger partial charge in [-0.25, -0.2) is 0 Å². The predicted molar refractivity (Wildman–Crippen MR) is 92.7 cm³/mol. The van der Waals surface area contributed by atoms with Gasteiger partial charge in [-0.3, -0.25) is 0 Å². The summed E-state index contributed by atoms with van der Waals surface area (Å²) in [5.74, 6) is 0.966. The SMILES string of the molecule is CCc1ccc(CC)c(OCc2ccccc2C(OC)OC)c1. The van der Waals surface area contributed by atoms with Crippen molar-refractivity contribution in [2.24, 2.45) is 0 Å². The highest BCUT2D eigenvalue weighted by Gasteiger charge is 2.14. The van der Waals surface area contributed by atoms with Gasteiger partial charge in [0.1, 0.15) is 12.4 Å². The molecule has 23 heavy (non-hydrogen) atoms. The number of ether oxygens (including phenoxy) is 3. The van der Waals surface area contributed by atoms with Crippen LogP contribution in [0.1, 0.15) is 42.4 Å². The van der Waals surface area contributed by atoms with Gasteiger partial charge < -0.3 is 14.2 Å². The summed E-state index contributed by atoms with van der Waals surface area (Å²) < 4.78 is 16.9. The van der Waals surface area contributed by atoms with Crippen molar-refractivity contribution in [2.45, 2.75) is 39.6 Å². The first-order valence-electron chi connectivity index (χ1n) is 8.11. The Morgan fingerprint density at radius 1 is 0.870 bits per heavy atom. The zero-order chi connectivity index (χ0) is 16.7. The third-order valence-electron chi connectivity index (χ3n) is 4.04. The standard InChI is InChI=1S/C20H26O3/c1-5-15-11-12-16(6-2)19(13-15)23-14-17-9-7-8-10-18(17)20(21-3)22-4/h7-13,20H,5-6,14H2,1-4H3. The van der Waals surface area contributed by atoms with Crippen LogP contribution in [0, 0.1) is 0 Å². The van der Waals surface area contributed by atoms with Crippen LogP contribution >= 0.6 is 0 Å². The van der Waals surface area contributed by atoms with Crippen LogP contribution < -0.4 is 4.74 Å². The highest BCUT2D eigenvalue weighted by atomic mass is 16.7. The van der Waals surface area contributed by atoms with E-state index >= 15 is 0 Å². The average molecular weight is 314 g/mol. The van der Waals surface area contributed by atoms with Crippen molar-refractivity contribution in [2.75, 3.05) is 14.2 Å². The number of benzene rings is 2. The lowest BCUT2D eigenvalue weighted by Crippen LogP contribution is -2.09. The van der Waals surface area contributed by atoms with Gasteiger partial charge in [-0.15, -0.1) is 0 Å². The zero-order valence-corrected chi connectivity index (χ0v) is 14.5. The lowest BCUT2D eigenvalue weighted by molar-refractivity contribution is -0.106. The van der Waals surface area contributed by atoms with Crippen LogP contribution in [0.5, 0.6) is 5.75 Å². The molecule has 0 radical (unpaired) electrons. The second-order valence-corrected chi connectivity index (χ2v) is 5.44. The molecule has 0 fully saturated rings. The Balaban J connectivity index is 2.21. The lowest BCUT2D eigenvalue weighted by Gasteiger charge is -2.19. The third kappa shape index (κ3) is 4.34. The normalized spacial score (nSPS) is 11.0. The van der Waals surface area contributed by atoms with Crippen molar-refractivity contribution >= 4 is 0 Å². The fourth-order valence-corrected chi connectivity index (χ4v) is 2.65. The fraction of sp³-hybridized carbons (Fsp3) is 0.400. The zero-order valence-electron chi connectivity index (χ0n) is 14.5. The van der Waals surface area contributed by atoms with Crippen molar-refractivity contribution in [1.82, 2.24) is 0 Å². The number of methoxy groups -OCH3 is 2. The summed E-state index contributed by atoms with van der Waals surface area (Å²) in [5.41, 5.74) is 4.60. The minimum atomic E-state index is -0.373. The van der Waals surface area contributed by atoms with Crippen LogP contribution in [0.2, 0.25) is 0 Å². The van der Waals surface area contributed by atoms with Crippen molar-refractivity contribution in [3.05, 3.63) is 64.7 Å². The van der Waals surface area contributed by atoms with Gasteiger partial charge in [0.15, 0.2) is 6.29 Å². The summed E-state index contributed by atoms with van der Waals surface area (Å²) in [5, 5.41) is 0. The molecule has 0 bridgehead atoms. The first-order chi connectivity index (χ1) is 11.2. The molecule has 0 atom stereocenters. The van der Waals surface area contributed by atoms with Crippen molar-refractivity contribution in [1.29, 1.82) is 0 Å². The second kappa shape index (κ2) is 8.70. The number of hydrogen-bond donors (Lipinski definition) is 0. The maximum absolute atomic E-state index is 6.13. The molecule has 0 aromatic heterocycles. The molecule has 0 unspecified atom stereocenters. The summed E-state index contributed by atoms with van der Waals surface area (Å²) in [6.45, 7) is 4.80. The lowest BCUT2D eigenvalue weighted by atomic mass is 10.1. The van der Waals surface area contributed by atoms with Crippen LogP contribution in [0.25, 0.3) is 0 Å². The molecule has 0 spiro atoms. The van der Waals surface area contributed by atoms with Gasteiger partial charge in [0.2, 0.25) is 0 Å². The van der Waals surface area contributed by atoms with Crippen molar-refractivity contribution in [3.8, 4) is 5.75 Å². The van der Waals surface area contributed by atoms with Gasteiger partial charge in [0.05, 0.1) is 0 Å². The molecular formula is C20H26O3. The minimum absolute atomic E-state index is 0.373. The molecule has 0 N–H and O–H groups in total. The molecule has 124 valence electrons. The molecule has 2 aromatic carbocycles. The first kappa shape index (κ1) is 17.5. The van der Waals surface area contributed by atoms with E-state index in [0.717, 1.165) is 29.7 Å². The van der Waals surface area contributed by atoms with Gasteiger partial charge in [-0.1, -0.05) is 50.2 Å². The third-order valence-corrected chi connectivity index (χ3v) is 4.04. The van der Waals surface area contributed by atoms with Crippen LogP contribution in [0.15, 0.2) is 42.5 Å². The Morgan fingerprint density at radius 2 is 1.61 bits per heavy atom. The van der Waals surface area contributed by atoms with E-state index in [1.54, 1.807) is 14.2 Å². The van der Waals surface area contributed by atoms with Crippen molar-refractivity contribution < 1.29 is 14.2 Å². The molecule has 0 aliphatic carbocycles. The molecule has 0 saturated carbocycles. The minimum Gasteiger partial charge on any atom is -0.489 e. The molecule has 0 aliphatic heterocycles. The summed E-state index contributed by atoms with van der Waals surface area (Å²) in [7, 11) is 3.29. The van der Waals surface area contributed by atoms with Gasteiger partial charge in [-0.2, -0.15) is 0 Å². The Hall–Kier alpha value is -1.84. The van der Waals surface area contributed by atoms with E-state index in [0.29, 0.717) is 6.61 Å². The Morgan fingerprint density at radius 3 is 2.26 bits per heavy atom. The number of rotatable bonds is 8. The van der Waals surface area contributed by atoms with Gasteiger partial charge in [0, 0.05) is 19.8 Å². The smallest absolute Gasteiger partial charge is 0.183 e. The fourth-order valence-electron chi connectivity index (χ4n) is 2.65. The molecule has 0 aliphatic rings. The molecular weight excluding hydrogens is 288 g/mol. The van der Waals surface area contributed by atoms with E-state index in [1.165, 1.54) is 11.1 Å². The van der Waals surface area contributed by atoms with Crippen LogP contribution in [-0.4, -0.2) is 14.2 Å². The highest BCUT2D eigenvalue weighted by molar-refractivity contribution is 5.38. The second-order valence-electron chi connectivity index (χ2n) is 5.44. The summed E-state index contributed by atoms with van der Waals surface area (Å²) >= 11 is 0. The Kier molecular flexibility index (Phi) is 6.63. The van der Waals surface area contributed by atoms with E-state index in [2.05, 4.69) is 38.1 Å². The number of aryl methyl sites for hydroxylation is 2. The quantitative estimate of drug-likeness (QED) is 0.662. The molecule has 2 aromatic rings. The molecule has 2 rings (SSSR count). The topological polar surface area (TPSA) is 27.7 Å². The molecule has 3 nitrogen and oxygen atoms in total. The average Bonchev–Trinajstić information content (AvgIpc) is 2.61. The summed E-state index contributed by atoms with van der Waals surface area (Å²) in [4.78, 5) is 0. The molecule has 3 heteroatoms. The van der Waals surface area contributed by atoms with E-state index in [9.17, 15) is 0 Å². The van der Waals surface area contributed by atoms with E-state index in [1.807, 2.05) is 18.2 Å². The summed E-state index contributed by atoms with van der Waals surface area (Å²) in [6, 6.07) is 14.5. The monoisotopic (exact) mass is 314 g/mol. The van der Waals surface area contributed by atoms with Crippen LogP contribution in [-0.2, 0) is 28.9 Å².